The van der Waals surface area contributed by atoms with Crippen molar-refractivity contribution in [3.8, 4) is 0 Å². The van der Waals surface area contributed by atoms with E-state index in [-0.39, 0.29) is 34.1 Å². The summed E-state index contributed by atoms with van der Waals surface area (Å²) in [6.45, 7) is 5.19. The lowest BCUT2D eigenvalue weighted by Crippen LogP contribution is -2.45. The number of nitrogens with zero attached hydrogens (tertiary/aromatic N) is 1. The van der Waals surface area contributed by atoms with Gasteiger partial charge in [0, 0.05) is 25.4 Å². The van der Waals surface area contributed by atoms with Crippen LogP contribution in [0.3, 0.4) is 0 Å². The van der Waals surface area contributed by atoms with Gasteiger partial charge in [-0.05, 0) is 72.4 Å². The predicted octanol–water partition coefficient (Wildman–Crippen LogP) is 5.15. The summed E-state index contributed by atoms with van der Waals surface area (Å²) in [5, 5.41) is 12.4. The maximum absolute atomic E-state index is 13.8. The Morgan fingerprint density at radius 1 is 1.15 bits per heavy atom. The molecule has 1 aliphatic heterocycles. The molecule has 1 fully saturated rings. The summed E-state index contributed by atoms with van der Waals surface area (Å²) in [6.07, 6.45) is 1.77. The van der Waals surface area contributed by atoms with E-state index in [0.717, 1.165) is 12.0 Å². The van der Waals surface area contributed by atoms with Crippen LogP contribution in [0, 0.1) is 17.8 Å². The first-order chi connectivity index (χ1) is 16.1. The van der Waals surface area contributed by atoms with Crippen LogP contribution in [-0.2, 0) is 16.4 Å². The van der Waals surface area contributed by atoms with Gasteiger partial charge in [-0.1, -0.05) is 49.2 Å². The van der Waals surface area contributed by atoms with Crippen molar-refractivity contribution in [1.29, 1.82) is 0 Å². The lowest BCUT2D eigenvalue weighted by molar-refractivity contribution is 0.102. The molecule has 0 bridgehead atoms. The molecule has 2 N–H and O–H groups in total. The molecule has 9 heteroatoms. The van der Waals surface area contributed by atoms with Crippen molar-refractivity contribution in [2.45, 2.75) is 38.4 Å². The van der Waals surface area contributed by atoms with Gasteiger partial charge in [-0.25, -0.2) is 12.7 Å². The molecule has 1 unspecified atom stereocenters. The van der Waals surface area contributed by atoms with Gasteiger partial charge in [0.1, 0.15) is 5.25 Å². The molecule has 1 saturated heterocycles. The fraction of sp³-hybridized carbons (Fsp3) is 0.480. The minimum absolute atomic E-state index is 0.0671. The molecule has 0 aromatic heterocycles. The monoisotopic (exact) mass is 524 g/mol. The number of carbonyl (C=O) groups is 1. The lowest BCUT2D eigenvalue weighted by atomic mass is 9.83. The molecular formula is C25H30Cl2N2O4S. The number of piperidine rings is 1. The molecule has 1 heterocycles. The van der Waals surface area contributed by atoms with Gasteiger partial charge in [0.15, 0.2) is 0 Å². The van der Waals surface area contributed by atoms with Gasteiger partial charge in [0.25, 0.3) is 5.91 Å². The smallest absolute Gasteiger partial charge is 0.258 e. The Labute approximate surface area is 211 Å². The summed E-state index contributed by atoms with van der Waals surface area (Å²) < 4.78 is 29.2. The molecule has 34 heavy (non-hydrogen) atoms. The minimum Gasteiger partial charge on any atom is -0.396 e. The summed E-state index contributed by atoms with van der Waals surface area (Å²) in [5.74, 6) is 0.175. The van der Waals surface area contributed by atoms with Crippen molar-refractivity contribution in [2.24, 2.45) is 17.8 Å². The average Bonchev–Trinajstić information content (AvgIpc) is 2.79. The highest BCUT2D eigenvalue weighted by molar-refractivity contribution is 7.89. The van der Waals surface area contributed by atoms with Gasteiger partial charge in [-0.15, -0.1) is 0 Å². The number of rotatable bonds is 5. The maximum atomic E-state index is 13.8. The summed E-state index contributed by atoms with van der Waals surface area (Å²) in [4.78, 5) is 12.9. The maximum Gasteiger partial charge on any atom is 0.258 e. The Morgan fingerprint density at radius 2 is 1.85 bits per heavy atom. The molecular weight excluding hydrogens is 495 g/mol. The molecule has 2 aromatic carbocycles. The molecule has 4 atom stereocenters. The van der Waals surface area contributed by atoms with Gasteiger partial charge < -0.3 is 10.4 Å². The third-order valence-electron chi connectivity index (χ3n) is 7.27. The quantitative estimate of drug-likeness (QED) is 0.566. The van der Waals surface area contributed by atoms with Gasteiger partial charge >= 0.3 is 0 Å². The zero-order chi connectivity index (χ0) is 24.6. The summed E-state index contributed by atoms with van der Waals surface area (Å²) >= 11 is 12.4. The molecule has 4 rings (SSSR count). The number of hydrogen-bond acceptors (Lipinski definition) is 4. The van der Waals surface area contributed by atoms with Crippen molar-refractivity contribution in [3.05, 3.63) is 63.1 Å². The third-order valence-corrected chi connectivity index (χ3v) is 10.1. The van der Waals surface area contributed by atoms with Crippen LogP contribution in [-0.4, -0.2) is 43.4 Å². The van der Waals surface area contributed by atoms with E-state index >= 15 is 0 Å². The number of sulfonamides is 1. The lowest BCUT2D eigenvalue weighted by Gasteiger charge is -2.39. The second kappa shape index (κ2) is 10.2. The van der Waals surface area contributed by atoms with E-state index in [2.05, 4.69) is 19.2 Å². The Hall–Kier alpha value is -1.64. The molecule has 184 valence electrons. The topological polar surface area (TPSA) is 86.7 Å². The summed E-state index contributed by atoms with van der Waals surface area (Å²) in [5.41, 5.74) is 2.21. The van der Waals surface area contributed by atoms with Crippen molar-refractivity contribution in [3.63, 3.8) is 0 Å². The van der Waals surface area contributed by atoms with E-state index < -0.39 is 21.2 Å². The molecule has 0 spiro atoms. The van der Waals surface area contributed by atoms with Crippen LogP contribution in [0.5, 0.6) is 0 Å². The fourth-order valence-corrected chi connectivity index (χ4v) is 7.73. The highest BCUT2D eigenvalue weighted by Crippen LogP contribution is 2.42. The predicted molar refractivity (Wildman–Crippen MR) is 136 cm³/mol. The Kier molecular flexibility index (Phi) is 7.60. The van der Waals surface area contributed by atoms with Gasteiger partial charge in [0.2, 0.25) is 10.0 Å². The molecule has 2 aliphatic rings. The van der Waals surface area contributed by atoms with Crippen LogP contribution in [0.1, 0.15) is 53.4 Å². The molecule has 0 radical (unpaired) electrons. The van der Waals surface area contributed by atoms with Crippen LogP contribution in [0.25, 0.3) is 0 Å². The van der Waals surface area contributed by atoms with E-state index in [4.69, 9.17) is 23.2 Å². The highest BCUT2D eigenvalue weighted by atomic mass is 35.5. The van der Waals surface area contributed by atoms with Crippen LogP contribution < -0.4 is 5.32 Å². The Morgan fingerprint density at radius 3 is 2.50 bits per heavy atom. The van der Waals surface area contributed by atoms with Crippen LogP contribution in [0.4, 0.5) is 5.69 Å². The van der Waals surface area contributed by atoms with Crippen LogP contribution in [0.15, 0.2) is 36.4 Å². The van der Waals surface area contributed by atoms with E-state index in [0.29, 0.717) is 43.1 Å². The van der Waals surface area contributed by atoms with Crippen LogP contribution in [0.2, 0.25) is 10.0 Å². The van der Waals surface area contributed by atoms with Crippen molar-refractivity contribution in [1.82, 2.24) is 4.31 Å². The number of amides is 1. The van der Waals surface area contributed by atoms with Crippen molar-refractivity contribution >= 4 is 44.8 Å². The first kappa shape index (κ1) is 25.5. The SMILES string of the molecule is C[C@@H]1CCN(S(=O)(=O)C2C[C@H](CO)Cc3ccc(NC(=O)c4c(Cl)cccc4Cl)cc32)C[C@H]1C. The largest absolute Gasteiger partial charge is 0.396 e. The normalized spacial score (nSPS) is 25.6. The molecule has 0 saturated carbocycles. The van der Waals surface area contributed by atoms with Gasteiger partial charge in [0.05, 0.1) is 15.6 Å². The number of nitrogens with one attached hydrogen (secondary N) is 1. The molecule has 1 aliphatic carbocycles. The van der Waals surface area contributed by atoms with Crippen molar-refractivity contribution in [2.75, 3.05) is 25.0 Å². The van der Waals surface area contributed by atoms with E-state index in [1.165, 1.54) is 0 Å². The molecule has 2 aromatic rings. The number of hydrogen-bond donors (Lipinski definition) is 2. The molecule has 1 amide bonds. The summed E-state index contributed by atoms with van der Waals surface area (Å²) in [7, 11) is -3.64. The van der Waals surface area contributed by atoms with Gasteiger partial charge in [-0.2, -0.15) is 0 Å². The first-order valence-corrected chi connectivity index (χ1v) is 13.9. The number of benzene rings is 2. The standard InChI is InChI=1S/C25H30Cl2N2O4S/c1-15-8-9-29(13-16(15)2)34(32,33)23-11-17(14-30)10-18-6-7-19(12-20(18)23)28-25(31)24-21(26)4-3-5-22(24)27/h3-7,12,15-17,23,30H,8-11,13-14H2,1-2H3,(H,28,31)/t15-,16-,17-,23?/m1/s1. The zero-order valence-corrected chi connectivity index (χ0v) is 21.6. The third kappa shape index (κ3) is 5.00. The van der Waals surface area contributed by atoms with E-state index in [1.807, 2.05) is 6.07 Å². The van der Waals surface area contributed by atoms with Crippen LogP contribution >= 0.6 is 23.2 Å². The Balaban J connectivity index is 1.66. The number of aliphatic hydroxyl groups is 1. The number of aliphatic hydroxyl groups excluding tert-OH is 1. The minimum atomic E-state index is -3.64. The number of carbonyl (C=O) groups excluding carboxylic acids is 1. The number of halogens is 2. The number of anilines is 1. The summed E-state index contributed by atoms with van der Waals surface area (Å²) in [6, 6.07) is 10.2. The second-order valence-electron chi connectivity index (χ2n) is 9.59. The number of fused-ring (bicyclic) bond motifs is 1. The van der Waals surface area contributed by atoms with Gasteiger partial charge in [-0.3, -0.25) is 4.79 Å². The second-order valence-corrected chi connectivity index (χ2v) is 12.5. The average molecular weight is 525 g/mol. The highest BCUT2D eigenvalue weighted by Gasteiger charge is 2.41. The van der Waals surface area contributed by atoms with Crippen molar-refractivity contribution < 1.29 is 18.3 Å². The molecule has 6 nitrogen and oxygen atoms in total. The van der Waals surface area contributed by atoms with E-state index in [9.17, 15) is 18.3 Å². The Bertz CT molecular complexity index is 1170. The fourth-order valence-electron chi connectivity index (χ4n) is 4.95. The first-order valence-electron chi connectivity index (χ1n) is 11.6. The van der Waals surface area contributed by atoms with E-state index in [1.54, 1.807) is 34.6 Å². The zero-order valence-electron chi connectivity index (χ0n) is 19.3.